The highest BCUT2D eigenvalue weighted by atomic mass is 32.1. The van der Waals surface area contributed by atoms with Gasteiger partial charge in [-0.25, -0.2) is 4.99 Å². The van der Waals surface area contributed by atoms with Gasteiger partial charge in [0.15, 0.2) is 0 Å². The smallest absolute Gasteiger partial charge is 0.281 e. The molecule has 7 nitrogen and oxygen atoms in total. The van der Waals surface area contributed by atoms with E-state index in [0.29, 0.717) is 22.1 Å². The van der Waals surface area contributed by atoms with Gasteiger partial charge in [-0.15, -0.1) is 22.7 Å². The Morgan fingerprint density at radius 2 is 1.96 bits per heavy atom. The predicted molar refractivity (Wildman–Crippen MR) is 108 cm³/mol. The molecule has 1 aliphatic rings. The van der Waals surface area contributed by atoms with E-state index in [1.54, 1.807) is 25.1 Å². The third kappa shape index (κ3) is 3.29. The number of aromatic nitrogens is 2. The van der Waals surface area contributed by atoms with E-state index >= 15 is 0 Å². The molecule has 4 rings (SSSR count). The normalized spacial score (nSPS) is 14.1. The summed E-state index contributed by atoms with van der Waals surface area (Å²) in [6.07, 6.45) is 0. The molecule has 0 atom stereocenters. The van der Waals surface area contributed by atoms with Crippen LogP contribution in [0.2, 0.25) is 0 Å². The first kappa shape index (κ1) is 17.3. The fourth-order valence-electron chi connectivity index (χ4n) is 2.40. The maximum absolute atomic E-state index is 12.5. The number of rotatable bonds is 3. The van der Waals surface area contributed by atoms with E-state index in [9.17, 15) is 9.59 Å². The number of nitrogens with zero attached hydrogens (tertiary/aromatic N) is 4. The molecular weight excluding hydrogens is 382 g/mol. The van der Waals surface area contributed by atoms with Crippen molar-refractivity contribution in [3.8, 4) is 10.6 Å². The highest BCUT2D eigenvalue weighted by Gasteiger charge is 2.23. The zero-order valence-corrected chi connectivity index (χ0v) is 15.8. The van der Waals surface area contributed by atoms with E-state index in [4.69, 9.17) is 0 Å². The lowest BCUT2D eigenvalue weighted by atomic mass is 10.2. The first-order valence-corrected chi connectivity index (χ1v) is 9.65. The lowest BCUT2D eigenvalue weighted by molar-refractivity contribution is -0.113. The summed E-state index contributed by atoms with van der Waals surface area (Å²) in [6.45, 7) is 5.35. The van der Waals surface area contributed by atoms with Crippen LogP contribution >= 0.6 is 22.7 Å². The Morgan fingerprint density at radius 3 is 2.63 bits per heavy atom. The summed E-state index contributed by atoms with van der Waals surface area (Å²) >= 11 is 2.85. The van der Waals surface area contributed by atoms with Gasteiger partial charge in [-0.05, 0) is 29.8 Å². The molecule has 0 unspecified atom stereocenters. The zero-order valence-electron chi connectivity index (χ0n) is 14.2. The molecule has 9 heteroatoms. The van der Waals surface area contributed by atoms with Gasteiger partial charge in [0.05, 0.1) is 21.0 Å². The van der Waals surface area contributed by atoms with Crippen molar-refractivity contribution in [2.45, 2.75) is 6.92 Å². The van der Waals surface area contributed by atoms with Crippen LogP contribution in [-0.2, 0) is 4.79 Å². The Morgan fingerprint density at radius 1 is 1.19 bits per heavy atom. The minimum Gasteiger partial charge on any atom is -0.306 e. The first-order chi connectivity index (χ1) is 13.0. The minimum absolute atomic E-state index is 0.0918. The molecule has 2 amide bonds. The molecule has 1 aliphatic heterocycles. The molecule has 0 radical (unpaired) electrons. The van der Waals surface area contributed by atoms with Crippen LogP contribution in [0.5, 0.6) is 0 Å². The van der Waals surface area contributed by atoms with Crippen molar-refractivity contribution >= 4 is 52.0 Å². The molecule has 0 saturated heterocycles. The Bertz CT molecular complexity index is 1110. The number of carbonyl (C=O) groups excluding carboxylic acids is 2. The Balaban J connectivity index is 1.77. The summed E-state index contributed by atoms with van der Waals surface area (Å²) in [5.41, 5.74) is 1.36. The summed E-state index contributed by atoms with van der Waals surface area (Å²) in [5, 5.41) is 11.1. The van der Waals surface area contributed by atoms with Crippen LogP contribution in [0, 0.1) is 0 Å². The molecule has 134 valence electrons. The summed E-state index contributed by atoms with van der Waals surface area (Å²) in [5.74, 6) is -0.264. The summed E-state index contributed by atoms with van der Waals surface area (Å²) in [7, 11) is 0. The third-order valence-electron chi connectivity index (χ3n) is 3.82. The van der Waals surface area contributed by atoms with Crippen molar-refractivity contribution in [1.29, 1.82) is 0 Å². The average molecular weight is 395 g/mol. The quantitative estimate of drug-likeness (QED) is 0.686. The van der Waals surface area contributed by atoms with Crippen LogP contribution in [0.1, 0.15) is 16.6 Å². The van der Waals surface area contributed by atoms with E-state index in [1.165, 1.54) is 27.4 Å². The zero-order chi connectivity index (χ0) is 19.0. The van der Waals surface area contributed by atoms with Gasteiger partial charge in [0.25, 0.3) is 17.8 Å². The van der Waals surface area contributed by atoms with Gasteiger partial charge in [-0.3, -0.25) is 9.59 Å². The fraction of sp³-hybridized carbons (Fsp3) is 0.0556. The first-order valence-electron chi connectivity index (χ1n) is 7.89. The van der Waals surface area contributed by atoms with Crippen LogP contribution in [-0.4, -0.2) is 33.3 Å². The minimum atomic E-state index is -0.471. The summed E-state index contributed by atoms with van der Waals surface area (Å²) in [4.78, 5) is 34.3. The number of nitrogens with one attached hydrogen (secondary N) is 1. The van der Waals surface area contributed by atoms with Gasteiger partial charge in [0, 0.05) is 6.07 Å². The van der Waals surface area contributed by atoms with Crippen LogP contribution < -0.4 is 5.32 Å². The number of amides is 2. The largest absolute Gasteiger partial charge is 0.306 e. The standard InChI is InChI=1S/C18H13N5O2S2/c1-10-11(2)19-18(21-16(10)24)23-15(20-17(25)14-6-4-8-27-14)9-12(22-23)13-5-3-7-26-13/h3-9H,1H2,2H3,(H,20,25). The van der Waals surface area contributed by atoms with Crippen molar-refractivity contribution in [2.24, 2.45) is 9.98 Å². The maximum atomic E-state index is 12.5. The molecule has 0 saturated carbocycles. The molecule has 3 aromatic heterocycles. The molecule has 0 fully saturated rings. The second-order valence-electron chi connectivity index (χ2n) is 5.63. The van der Waals surface area contributed by atoms with Crippen molar-refractivity contribution in [1.82, 2.24) is 9.78 Å². The Hall–Kier alpha value is -3.17. The van der Waals surface area contributed by atoms with E-state index in [2.05, 4.69) is 27.0 Å². The molecule has 0 aliphatic carbocycles. The summed E-state index contributed by atoms with van der Waals surface area (Å²) < 4.78 is 1.37. The molecule has 1 N–H and O–H groups in total. The van der Waals surface area contributed by atoms with Gasteiger partial charge >= 0.3 is 0 Å². The van der Waals surface area contributed by atoms with Crippen molar-refractivity contribution in [2.75, 3.05) is 5.32 Å². The van der Waals surface area contributed by atoms with Gasteiger partial charge in [0.2, 0.25) is 0 Å². The van der Waals surface area contributed by atoms with Crippen molar-refractivity contribution < 1.29 is 9.59 Å². The molecule has 0 spiro atoms. The molecular formula is C18H13N5O2S2. The van der Waals surface area contributed by atoms with Gasteiger partial charge in [-0.2, -0.15) is 14.8 Å². The highest BCUT2D eigenvalue weighted by Crippen LogP contribution is 2.27. The van der Waals surface area contributed by atoms with Gasteiger partial charge in [-0.1, -0.05) is 18.7 Å². The van der Waals surface area contributed by atoms with Crippen LogP contribution in [0.15, 0.2) is 63.2 Å². The Kier molecular flexibility index (Phi) is 4.38. The van der Waals surface area contributed by atoms with Crippen LogP contribution in [0.4, 0.5) is 5.82 Å². The lowest BCUT2D eigenvalue weighted by Crippen LogP contribution is -2.25. The van der Waals surface area contributed by atoms with E-state index in [1.807, 2.05) is 22.9 Å². The number of anilines is 1. The molecule has 0 aromatic carbocycles. The number of hydrogen-bond donors (Lipinski definition) is 1. The highest BCUT2D eigenvalue weighted by molar-refractivity contribution is 7.13. The van der Waals surface area contributed by atoms with E-state index in [-0.39, 0.29) is 17.4 Å². The van der Waals surface area contributed by atoms with Crippen molar-refractivity contribution in [3.05, 3.63) is 58.1 Å². The van der Waals surface area contributed by atoms with E-state index < -0.39 is 5.91 Å². The van der Waals surface area contributed by atoms with Gasteiger partial charge in [0.1, 0.15) is 11.5 Å². The Labute approximate surface area is 162 Å². The number of carbonyl (C=O) groups is 2. The number of hydrogen-bond acceptors (Lipinski definition) is 6. The van der Waals surface area contributed by atoms with Crippen LogP contribution in [0.3, 0.4) is 0 Å². The maximum Gasteiger partial charge on any atom is 0.281 e. The predicted octanol–water partition coefficient (Wildman–Crippen LogP) is 3.69. The van der Waals surface area contributed by atoms with Crippen molar-refractivity contribution in [3.63, 3.8) is 0 Å². The third-order valence-corrected chi connectivity index (χ3v) is 5.58. The molecule has 4 heterocycles. The second-order valence-corrected chi connectivity index (χ2v) is 7.52. The van der Waals surface area contributed by atoms with Crippen LogP contribution in [0.25, 0.3) is 10.6 Å². The fourth-order valence-corrected chi connectivity index (χ4v) is 3.70. The van der Waals surface area contributed by atoms with E-state index in [0.717, 1.165) is 4.88 Å². The lowest BCUT2D eigenvalue weighted by Gasteiger charge is -2.12. The summed E-state index contributed by atoms with van der Waals surface area (Å²) in [6, 6.07) is 9.10. The number of thiophene rings is 2. The topological polar surface area (TPSA) is 88.7 Å². The molecule has 0 bridgehead atoms. The average Bonchev–Trinajstić information content (AvgIpc) is 3.39. The monoisotopic (exact) mass is 395 g/mol. The number of aliphatic imine (C=N–C) groups is 2. The van der Waals surface area contributed by atoms with Gasteiger partial charge < -0.3 is 5.32 Å². The SMILES string of the molecule is C=C1C(=O)N=C(n2nc(-c3cccs3)cc2NC(=O)c2cccs2)N=C1C. The molecule has 27 heavy (non-hydrogen) atoms. The molecule has 3 aromatic rings. The second kappa shape index (κ2) is 6.86.